The van der Waals surface area contributed by atoms with E-state index >= 15 is 0 Å². The number of hydrogen-bond donors (Lipinski definition) is 1. The van der Waals surface area contributed by atoms with Crippen molar-refractivity contribution in [2.45, 2.75) is 34.1 Å². The van der Waals surface area contributed by atoms with E-state index in [2.05, 4.69) is 16.2 Å². The van der Waals surface area contributed by atoms with Gasteiger partial charge in [-0.25, -0.2) is 0 Å². The molecule has 1 N–H and O–H groups in total. The lowest BCUT2D eigenvalue weighted by atomic mass is 10.1. The highest BCUT2D eigenvalue weighted by atomic mass is 35.5. The number of amidine groups is 2. The number of fused-ring (bicyclic) bond motifs is 1. The predicted molar refractivity (Wildman–Crippen MR) is 145 cm³/mol. The van der Waals surface area contributed by atoms with Crippen LogP contribution in [-0.4, -0.2) is 46.8 Å². The van der Waals surface area contributed by atoms with Crippen LogP contribution in [0.4, 0.5) is 0 Å². The Kier molecular flexibility index (Phi) is 8.01. The number of ether oxygens (including phenoxy) is 3. The van der Waals surface area contributed by atoms with Crippen molar-refractivity contribution in [3.63, 3.8) is 0 Å². The number of aliphatic imine (C=N–C) groups is 1. The van der Waals surface area contributed by atoms with Crippen LogP contribution in [0.2, 0.25) is 5.02 Å². The van der Waals surface area contributed by atoms with E-state index in [0.717, 1.165) is 16.4 Å². The molecule has 0 bridgehead atoms. The second kappa shape index (κ2) is 11.2. The van der Waals surface area contributed by atoms with Gasteiger partial charge in [0.25, 0.3) is 5.91 Å². The van der Waals surface area contributed by atoms with Crippen LogP contribution in [0.15, 0.2) is 46.0 Å². The SMILES string of the molecule is CCOc1cc(C=C2C(=N)N3N=C(CC)SC3=NC2=O)cc(Cl)c1OCCOc1ccc(C)cc1C. The zero-order valence-electron chi connectivity index (χ0n) is 20.6. The number of nitrogens with zero attached hydrogens (tertiary/aromatic N) is 3. The van der Waals surface area contributed by atoms with Crippen LogP contribution in [0.5, 0.6) is 17.2 Å². The molecule has 0 aliphatic carbocycles. The van der Waals surface area contributed by atoms with Crippen LogP contribution in [0.1, 0.15) is 37.0 Å². The molecule has 0 atom stereocenters. The number of benzene rings is 2. The lowest BCUT2D eigenvalue weighted by Gasteiger charge is -2.20. The molecule has 2 aliphatic rings. The number of aryl methyl sites for hydroxylation is 2. The van der Waals surface area contributed by atoms with Gasteiger partial charge in [0.15, 0.2) is 17.3 Å². The molecular weight excluding hydrogens is 500 g/mol. The molecule has 0 saturated carbocycles. The van der Waals surface area contributed by atoms with Crippen molar-refractivity contribution >= 4 is 51.4 Å². The van der Waals surface area contributed by atoms with Gasteiger partial charge in [0.05, 0.1) is 17.2 Å². The summed E-state index contributed by atoms with van der Waals surface area (Å²) in [4.78, 5) is 16.7. The Labute approximate surface area is 219 Å². The van der Waals surface area contributed by atoms with Crippen molar-refractivity contribution in [2.75, 3.05) is 19.8 Å². The second-order valence-electron chi connectivity index (χ2n) is 8.10. The smallest absolute Gasteiger partial charge is 0.283 e. The largest absolute Gasteiger partial charge is 0.490 e. The zero-order chi connectivity index (χ0) is 25.8. The number of rotatable bonds is 9. The van der Waals surface area contributed by atoms with E-state index in [4.69, 9.17) is 31.2 Å². The van der Waals surface area contributed by atoms with Crippen LogP contribution in [0.3, 0.4) is 0 Å². The maximum Gasteiger partial charge on any atom is 0.283 e. The summed E-state index contributed by atoms with van der Waals surface area (Å²) in [6.45, 7) is 8.85. The van der Waals surface area contributed by atoms with Gasteiger partial charge in [-0.15, -0.1) is 0 Å². The standard InChI is InChI=1S/C26H27ClN4O4S/c1-5-22-30-31-24(28)18(25(32)29-26(31)36-22)12-17-13-19(27)23(21(14-17)33-6-2)35-10-9-34-20-8-7-15(3)11-16(20)4/h7-8,11-14,28H,5-6,9-10H2,1-4H3. The Bertz CT molecular complexity index is 1310. The highest BCUT2D eigenvalue weighted by Crippen LogP contribution is 2.38. The number of thioether (sulfide) groups is 1. The van der Waals surface area contributed by atoms with Gasteiger partial charge in [-0.3, -0.25) is 10.2 Å². The summed E-state index contributed by atoms with van der Waals surface area (Å²) in [5.41, 5.74) is 2.94. The predicted octanol–water partition coefficient (Wildman–Crippen LogP) is 5.84. The summed E-state index contributed by atoms with van der Waals surface area (Å²) in [6.07, 6.45) is 2.27. The first kappa shape index (κ1) is 25.8. The molecule has 2 aliphatic heterocycles. The summed E-state index contributed by atoms with van der Waals surface area (Å²) in [5.74, 6) is 1.11. The van der Waals surface area contributed by atoms with Gasteiger partial charge in [0.2, 0.25) is 5.17 Å². The van der Waals surface area contributed by atoms with Gasteiger partial charge in [-0.2, -0.15) is 15.1 Å². The Morgan fingerprint density at radius 2 is 1.86 bits per heavy atom. The first-order valence-electron chi connectivity index (χ1n) is 11.6. The first-order valence-corrected chi connectivity index (χ1v) is 12.8. The van der Waals surface area contributed by atoms with Crippen molar-refractivity contribution in [2.24, 2.45) is 10.1 Å². The molecule has 0 aromatic heterocycles. The number of halogens is 1. The van der Waals surface area contributed by atoms with Crippen molar-refractivity contribution in [1.82, 2.24) is 5.01 Å². The molecule has 0 saturated heterocycles. The number of amides is 1. The molecule has 0 radical (unpaired) electrons. The van der Waals surface area contributed by atoms with Gasteiger partial charge in [0.1, 0.15) is 24.0 Å². The van der Waals surface area contributed by atoms with E-state index in [1.165, 1.54) is 22.3 Å². The fourth-order valence-electron chi connectivity index (χ4n) is 3.67. The second-order valence-corrected chi connectivity index (χ2v) is 9.54. The van der Waals surface area contributed by atoms with E-state index < -0.39 is 5.91 Å². The average Bonchev–Trinajstić information content (AvgIpc) is 3.25. The van der Waals surface area contributed by atoms with E-state index in [9.17, 15) is 4.79 Å². The third kappa shape index (κ3) is 5.57. The molecule has 188 valence electrons. The van der Waals surface area contributed by atoms with Crippen LogP contribution in [0, 0.1) is 19.3 Å². The highest BCUT2D eigenvalue weighted by Gasteiger charge is 2.35. The average molecular weight is 527 g/mol. The fraction of sp³-hybridized carbons (Fsp3) is 0.308. The quantitative estimate of drug-likeness (QED) is 0.325. The van der Waals surface area contributed by atoms with Gasteiger partial charge < -0.3 is 14.2 Å². The van der Waals surface area contributed by atoms with Gasteiger partial charge in [-0.1, -0.05) is 36.2 Å². The molecule has 0 fully saturated rings. The normalized spacial score (nSPS) is 16.1. The Hall–Kier alpha value is -3.30. The van der Waals surface area contributed by atoms with Crippen molar-refractivity contribution < 1.29 is 19.0 Å². The van der Waals surface area contributed by atoms with Crippen molar-refractivity contribution in [3.8, 4) is 17.2 Å². The summed E-state index contributed by atoms with van der Waals surface area (Å²) in [6, 6.07) is 9.39. The number of nitrogens with one attached hydrogen (secondary N) is 1. The minimum absolute atomic E-state index is 0.0288. The summed E-state index contributed by atoms with van der Waals surface area (Å²) < 4.78 is 17.5. The number of hydrazone groups is 1. The van der Waals surface area contributed by atoms with E-state index in [0.29, 0.717) is 46.9 Å². The number of hydrogen-bond acceptors (Lipinski definition) is 7. The Morgan fingerprint density at radius 3 is 2.58 bits per heavy atom. The Balaban J connectivity index is 1.51. The number of carbonyl (C=O) groups excluding carboxylic acids is 1. The zero-order valence-corrected chi connectivity index (χ0v) is 22.1. The van der Waals surface area contributed by atoms with Crippen LogP contribution >= 0.6 is 23.4 Å². The summed E-state index contributed by atoms with van der Waals surface area (Å²) in [7, 11) is 0. The fourth-order valence-corrected chi connectivity index (χ4v) is 4.77. The minimum atomic E-state index is -0.496. The lowest BCUT2D eigenvalue weighted by Crippen LogP contribution is -2.35. The maximum absolute atomic E-state index is 12.7. The van der Waals surface area contributed by atoms with E-state index in [-0.39, 0.29) is 18.0 Å². The van der Waals surface area contributed by atoms with E-state index in [1.54, 1.807) is 18.2 Å². The molecule has 2 aromatic carbocycles. The molecule has 8 nitrogen and oxygen atoms in total. The van der Waals surface area contributed by atoms with Crippen LogP contribution < -0.4 is 14.2 Å². The van der Waals surface area contributed by atoms with Crippen molar-refractivity contribution in [3.05, 3.63) is 57.6 Å². The van der Waals surface area contributed by atoms with Crippen LogP contribution in [0.25, 0.3) is 6.08 Å². The number of carbonyl (C=O) groups is 1. The van der Waals surface area contributed by atoms with Crippen LogP contribution in [-0.2, 0) is 4.79 Å². The first-order chi connectivity index (χ1) is 17.3. The molecule has 1 amide bonds. The minimum Gasteiger partial charge on any atom is -0.490 e. The molecule has 36 heavy (non-hydrogen) atoms. The topological polar surface area (TPSA) is 96.6 Å². The highest BCUT2D eigenvalue weighted by molar-refractivity contribution is 8.26. The third-order valence-corrected chi connectivity index (χ3v) is 6.69. The van der Waals surface area contributed by atoms with Gasteiger partial charge in [-0.05, 0) is 74.4 Å². The molecule has 0 unspecified atom stereocenters. The molecule has 0 spiro atoms. The molecule has 2 aromatic rings. The lowest BCUT2D eigenvalue weighted by molar-refractivity contribution is -0.114. The van der Waals surface area contributed by atoms with Gasteiger partial charge in [0, 0.05) is 0 Å². The van der Waals surface area contributed by atoms with Crippen molar-refractivity contribution in [1.29, 1.82) is 5.41 Å². The van der Waals surface area contributed by atoms with Gasteiger partial charge >= 0.3 is 0 Å². The molecule has 4 rings (SSSR count). The molecule has 10 heteroatoms. The summed E-state index contributed by atoms with van der Waals surface area (Å²) >= 11 is 7.85. The van der Waals surface area contributed by atoms with E-state index in [1.807, 2.05) is 39.8 Å². The molecule has 2 heterocycles. The Morgan fingerprint density at radius 1 is 1.08 bits per heavy atom. The molecular formula is C26H27ClN4O4S. The monoisotopic (exact) mass is 526 g/mol. The third-order valence-electron chi connectivity index (χ3n) is 5.36. The maximum atomic E-state index is 12.7. The summed E-state index contributed by atoms with van der Waals surface area (Å²) in [5, 5.41) is 15.8.